The molecule has 0 aromatic heterocycles. The monoisotopic (exact) mass is 626 g/mol. The van der Waals surface area contributed by atoms with Gasteiger partial charge in [-0.3, -0.25) is 9.59 Å². The van der Waals surface area contributed by atoms with Crippen LogP contribution in [0.15, 0.2) is 23.3 Å². The number of nitrogens with zero attached hydrogens (tertiary/aromatic N) is 1. The first-order chi connectivity index (χ1) is 20.2. The Bertz CT molecular complexity index is 1520. The zero-order valence-corrected chi connectivity index (χ0v) is 28.3. The molecule has 4 fully saturated rings. The molecule has 6 aliphatic rings. The molecular weight excluding hydrogens is 576 g/mol. The summed E-state index contributed by atoms with van der Waals surface area (Å²) in [5.41, 5.74) is -4.54. The number of carbonyl (C=O) groups is 2. The SMILES string of the molecule is CC1(C)C(=O)C(C#N)=C[C@]2(C)C3=CC(=O)[C@]4(O)[C@@H]5C[C@@](C)(NS(=O)(=O)CC6CCOC6)CC[C@]5(C)CC[C@@]4(C)[C@]3(C)CC[C@@H]12. The van der Waals surface area contributed by atoms with E-state index in [2.05, 4.69) is 38.5 Å². The highest BCUT2D eigenvalue weighted by Gasteiger charge is 2.75. The molecule has 0 amide bonds. The second-order valence-corrected chi connectivity index (χ2v) is 18.8. The topological polar surface area (TPSA) is 134 Å². The van der Waals surface area contributed by atoms with Gasteiger partial charge >= 0.3 is 0 Å². The number of nitriles is 1. The average Bonchev–Trinajstić information content (AvgIpc) is 3.43. The predicted molar refractivity (Wildman–Crippen MR) is 167 cm³/mol. The van der Waals surface area contributed by atoms with Gasteiger partial charge in [-0.1, -0.05) is 47.6 Å². The first-order valence-corrected chi connectivity index (χ1v) is 18.1. The lowest BCUT2D eigenvalue weighted by molar-refractivity contribution is -0.239. The summed E-state index contributed by atoms with van der Waals surface area (Å²) < 4.78 is 35.2. The standard InChI is InChI=1S/C35H50N2O6S/c1-29(2)24-8-10-33(6)25(32(24,5)17-23(19-36)28(29)39)16-27(38)35(40)26-18-31(4,13-11-30(26,3)12-14-34(33,35)7)37-44(41,42)21-22-9-15-43-20-22/h16-17,22,24,26,37,40H,8-15,18,20-21H2,1-7H3/t22?,24-,26+,30+,31-,32-,33+,34-,35+/m0/s1. The molecule has 0 bridgehead atoms. The fourth-order valence-electron chi connectivity index (χ4n) is 11.3. The van der Waals surface area contributed by atoms with Crippen molar-refractivity contribution in [3.8, 4) is 6.07 Å². The lowest BCUT2D eigenvalue weighted by atomic mass is 9.33. The van der Waals surface area contributed by atoms with Crippen LogP contribution in [-0.2, 0) is 24.3 Å². The quantitative estimate of drug-likeness (QED) is 0.447. The van der Waals surface area contributed by atoms with Gasteiger partial charge < -0.3 is 9.84 Å². The van der Waals surface area contributed by atoms with E-state index in [1.54, 1.807) is 6.08 Å². The maximum Gasteiger partial charge on any atom is 0.212 e. The number of carbonyl (C=O) groups excluding carboxylic acids is 2. The predicted octanol–water partition coefficient (Wildman–Crippen LogP) is 5.03. The number of allylic oxidation sites excluding steroid dienone is 3. The number of aliphatic hydroxyl groups is 1. The Balaban J connectivity index is 1.42. The molecule has 0 spiro atoms. The minimum atomic E-state index is -3.60. The highest BCUT2D eigenvalue weighted by Crippen LogP contribution is 2.75. The zero-order chi connectivity index (χ0) is 32.4. The van der Waals surface area contributed by atoms with Crippen LogP contribution in [-0.4, -0.2) is 55.2 Å². The minimum Gasteiger partial charge on any atom is -0.381 e. The number of sulfonamides is 1. The van der Waals surface area contributed by atoms with E-state index in [9.17, 15) is 28.4 Å². The van der Waals surface area contributed by atoms with Gasteiger partial charge in [0.2, 0.25) is 10.0 Å². The normalized spacial score (nSPS) is 48.2. The molecule has 5 aliphatic carbocycles. The number of nitrogens with one attached hydrogen (secondary N) is 1. The summed E-state index contributed by atoms with van der Waals surface area (Å²) in [4.78, 5) is 27.9. The molecule has 0 radical (unpaired) electrons. The Kier molecular flexibility index (Phi) is 7.00. The largest absolute Gasteiger partial charge is 0.381 e. The molecule has 0 aromatic rings. The fourth-order valence-corrected chi connectivity index (χ4v) is 13.2. The van der Waals surface area contributed by atoms with Crippen molar-refractivity contribution in [2.45, 2.75) is 111 Å². The molecule has 3 saturated carbocycles. The van der Waals surface area contributed by atoms with Gasteiger partial charge in [0.05, 0.1) is 17.9 Å². The van der Waals surface area contributed by atoms with Gasteiger partial charge in [0.25, 0.3) is 0 Å². The summed E-state index contributed by atoms with van der Waals surface area (Å²) >= 11 is 0. The summed E-state index contributed by atoms with van der Waals surface area (Å²) in [6.07, 6.45) is 8.90. The molecule has 6 rings (SSSR count). The van der Waals surface area contributed by atoms with E-state index >= 15 is 0 Å². The van der Waals surface area contributed by atoms with Gasteiger partial charge in [0.1, 0.15) is 11.7 Å². The van der Waals surface area contributed by atoms with Crippen molar-refractivity contribution in [2.75, 3.05) is 19.0 Å². The molecule has 9 atom stereocenters. The van der Waals surface area contributed by atoms with Crippen LogP contribution < -0.4 is 4.72 Å². The third-order valence-electron chi connectivity index (χ3n) is 14.1. The lowest BCUT2D eigenvalue weighted by Gasteiger charge is -2.71. The Morgan fingerprint density at radius 2 is 1.68 bits per heavy atom. The molecule has 242 valence electrons. The maximum absolute atomic E-state index is 14.6. The third kappa shape index (κ3) is 4.12. The van der Waals surface area contributed by atoms with Crippen molar-refractivity contribution in [1.29, 1.82) is 5.26 Å². The van der Waals surface area contributed by atoms with Crippen molar-refractivity contribution < 1.29 is 27.9 Å². The van der Waals surface area contributed by atoms with E-state index in [1.165, 1.54) is 0 Å². The molecule has 2 N–H and O–H groups in total. The molecule has 8 nitrogen and oxygen atoms in total. The third-order valence-corrected chi connectivity index (χ3v) is 15.8. The van der Waals surface area contributed by atoms with E-state index < -0.39 is 48.7 Å². The van der Waals surface area contributed by atoms with Crippen LogP contribution in [0.1, 0.15) is 99.8 Å². The number of hydrogen-bond donors (Lipinski definition) is 2. The number of ketones is 2. The summed E-state index contributed by atoms with van der Waals surface area (Å²) in [6, 6.07) is 2.14. The van der Waals surface area contributed by atoms with Gasteiger partial charge in [-0.15, -0.1) is 0 Å². The summed E-state index contributed by atoms with van der Waals surface area (Å²) in [6.45, 7) is 15.3. The molecule has 1 heterocycles. The van der Waals surface area contributed by atoms with Gasteiger partial charge in [-0.2, -0.15) is 5.26 Å². The van der Waals surface area contributed by atoms with Gasteiger partial charge in [0.15, 0.2) is 11.6 Å². The fraction of sp³-hybridized carbons (Fsp3) is 0.800. The van der Waals surface area contributed by atoms with E-state index in [0.29, 0.717) is 45.3 Å². The first kappa shape index (κ1) is 32.1. The molecule has 1 saturated heterocycles. The van der Waals surface area contributed by atoms with E-state index in [-0.39, 0.29) is 40.1 Å². The van der Waals surface area contributed by atoms with Crippen molar-refractivity contribution in [3.05, 3.63) is 23.3 Å². The van der Waals surface area contributed by atoms with E-state index in [1.807, 2.05) is 26.8 Å². The summed E-state index contributed by atoms with van der Waals surface area (Å²) in [5, 5.41) is 23.0. The average molecular weight is 627 g/mol. The first-order valence-electron chi connectivity index (χ1n) is 16.5. The van der Waals surface area contributed by atoms with Crippen LogP contribution in [0.25, 0.3) is 0 Å². The van der Waals surface area contributed by atoms with Gasteiger partial charge in [0, 0.05) is 34.3 Å². The lowest BCUT2D eigenvalue weighted by Crippen LogP contribution is -2.74. The van der Waals surface area contributed by atoms with Crippen molar-refractivity contribution >= 4 is 21.6 Å². The second-order valence-electron chi connectivity index (χ2n) is 17.0. The smallest absolute Gasteiger partial charge is 0.212 e. The number of hydrogen-bond acceptors (Lipinski definition) is 7. The number of ether oxygens (including phenoxy) is 1. The van der Waals surface area contributed by atoms with Crippen LogP contribution in [0.4, 0.5) is 0 Å². The van der Waals surface area contributed by atoms with Crippen LogP contribution >= 0.6 is 0 Å². The Morgan fingerprint density at radius 1 is 1.00 bits per heavy atom. The van der Waals surface area contributed by atoms with Crippen molar-refractivity contribution in [1.82, 2.24) is 4.72 Å². The Labute approximate surface area is 263 Å². The highest BCUT2D eigenvalue weighted by molar-refractivity contribution is 7.89. The number of Topliss-reactive ketones (excluding diaryl/α,β-unsaturated/α-hetero) is 1. The number of fused-ring (bicyclic) bond motifs is 7. The van der Waals surface area contributed by atoms with Crippen LogP contribution in [0, 0.1) is 56.2 Å². The Morgan fingerprint density at radius 3 is 2.32 bits per heavy atom. The Hall–Kier alpha value is -1.86. The van der Waals surface area contributed by atoms with Crippen molar-refractivity contribution in [2.24, 2.45) is 44.8 Å². The molecular formula is C35H50N2O6S. The number of rotatable bonds is 4. The van der Waals surface area contributed by atoms with Crippen LogP contribution in [0.3, 0.4) is 0 Å². The molecule has 0 aromatic carbocycles. The molecule has 9 heteroatoms. The molecule has 1 unspecified atom stereocenters. The van der Waals surface area contributed by atoms with E-state index in [0.717, 1.165) is 24.8 Å². The van der Waals surface area contributed by atoms with Gasteiger partial charge in [-0.25, -0.2) is 13.1 Å². The second kappa shape index (κ2) is 9.59. The molecule has 1 aliphatic heterocycles. The van der Waals surface area contributed by atoms with Crippen LogP contribution in [0.5, 0.6) is 0 Å². The van der Waals surface area contributed by atoms with Crippen molar-refractivity contribution in [3.63, 3.8) is 0 Å². The van der Waals surface area contributed by atoms with Gasteiger partial charge in [-0.05, 0) is 92.6 Å². The maximum atomic E-state index is 14.6. The molecule has 44 heavy (non-hydrogen) atoms. The van der Waals surface area contributed by atoms with Crippen LogP contribution in [0.2, 0.25) is 0 Å². The van der Waals surface area contributed by atoms with E-state index in [4.69, 9.17) is 4.74 Å². The highest BCUT2D eigenvalue weighted by atomic mass is 32.2. The summed E-state index contributed by atoms with van der Waals surface area (Å²) in [5.74, 6) is -0.980. The minimum absolute atomic E-state index is 0.0202. The zero-order valence-electron chi connectivity index (χ0n) is 27.5. The summed E-state index contributed by atoms with van der Waals surface area (Å²) in [7, 11) is -3.60.